The molecule has 0 heterocycles. The second kappa shape index (κ2) is 17.5. The Labute approximate surface area is 235 Å². The number of nitrogens with zero attached hydrogens (tertiary/aromatic N) is 1. The maximum Gasteiger partial charge on any atom is 0.504 e. The van der Waals surface area contributed by atoms with Gasteiger partial charge in [0.15, 0.2) is 0 Å². The van der Waals surface area contributed by atoms with Crippen molar-refractivity contribution < 1.29 is 18.1 Å². The lowest BCUT2D eigenvalue weighted by Crippen LogP contribution is -2.50. The fourth-order valence-electron chi connectivity index (χ4n) is 3.76. The Kier molecular flexibility index (Phi) is 15.7. The van der Waals surface area contributed by atoms with E-state index in [9.17, 15) is 4.79 Å². The average molecular weight is 594 g/mol. The summed E-state index contributed by atoms with van der Waals surface area (Å²) in [4.78, 5) is 14.3. The van der Waals surface area contributed by atoms with E-state index in [1.165, 1.54) is 0 Å². The molecular weight excluding hydrogens is 548 g/mol. The van der Waals surface area contributed by atoms with Crippen molar-refractivity contribution in [2.24, 2.45) is 0 Å². The van der Waals surface area contributed by atoms with Crippen molar-refractivity contribution in [3.8, 4) is 0 Å². The number of nitrogens with one attached hydrogen (secondary N) is 1. The first-order valence-electron chi connectivity index (χ1n) is 13.2. The van der Waals surface area contributed by atoms with Crippen molar-refractivity contribution in [1.29, 1.82) is 0 Å². The molecule has 0 saturated heterocycles. The molecule has 0 saturated carbocycles. The molecule has 0 aliphatic rings. The van der Waals surface area contributed by atoms with Gasteiger partial charge in [-0.1, -0.05) is 52.5 Å². The minimum Gasteiger partial charge on any atom is -0.373 e. The summed E-state index contributed by atoms with van der Waals surface area (Å²) in [6.07, 6.45) is 3.64. The van der Waals surface area contributed by atoms with Gasteiger partial charge < -0.3 is 23.5 Å². The quantitative estimate of drug-likeness (QED) is 0.149. The van der Waals surface area contributed by atoms with Crippen molar-refractivity contribution in [1.82, 2.24) is 0 Å². The second-order valence-corrected chi connectivity index (χ2v) is 12.2. The van der Waals surface area contributed by atoms with Crippen LogP contribution in [0, 0.1) is 0 Å². The minimum atomic E-state index is -2.85. The van der Waals surface area contributed by atoms with Gasteiger partial charge in [0, 0.05) is 54.5 Å². The summed E-state index contributed by atoms with van der Waals surface area (Å²) in [6, 6.07) is 18.3. The van der Waals surface area contributed by atoms with E-state index in [2.05, 4.69) is 56.6 Å². The van der Waals surface area contributed by atoms with Crippen LogP contribution in [0.25, 0.3) is 0 Å². The summed E-state index contributed by atoms with van der Waals surface area (Å²) < 4.78 is 19.2. The molecule has 1 N–H and O–H groups in total. The largest absolute Gasteiger partial charge is 0.504 e. The molecule has 1 unspecified atom stereocenters. The molecule has 0 fully saturated rings. The molecule has 206 valence electrons. The molecule has 0 aromatic heterocycles. The SMILES string of the molecule is Br.C=C(C)C(=O)Nc1ccc(N(CCC(C)[Si](OCCC)(OCCC)OCCC)c2ccccc2)cc1. The highest BCUT2D eigenvalue weighted by molar-refractivity contribution is 8.93. The van der Waals surface area contributed by atoms with Crippen LogP contribution in [0.1, 0.15) is 60.3 Å². The lowest BCUT2D eigenvalue weighted by atomic mass is 10.2. The summed E-state index contributed by atoms with van der Waals surface area (Å²) >= 11 is 0. The summed E-state index contributed by atoms with van der Waals surface area (Å²) in [5.74, 6) is -0.177. The lowest BCUT2D eigenvalue weighted by molar-refractivity contribution is -0.112. The number of benzene rings is 2. The number of hydrogen-bond acceptors (Lipinski definition) is 5. The number of para-hydroxylation sites is 1. The first kappa shape index (κ1) is 33.1. The number of carbonyl (C=O) groups excluding carboxylic acids is 1. The highest BCUT2D eigenvalue weighted by Crippen LogP contribution is 2.33. The molecule has 37 heavy (non-hydrogen) atoms. The van der Waals surface area contributed by atoms with Crippen LogP contribution < -0.4 is 10.2 Å². The van der Waals surface area contributed by atoms with Crippen LogP contribution in [0.5, 0.6) is 0 Å². The van der Waals surface area contributed by atoms with Crippen LogP contribution >= 0.6 is 17.0 Å². The third kappa shape index (κ3) is 10.4. The number of hydrogen-bond donors (Lipinski definition) is 1. The third-order valence-electron chi connectivity index (χ3n) is 5.80. The van der Waals surface area contributed by atoms with E-state index >= 15 is 0 Å². The van der Waals surface area contributed by atoms with Crippen molar-refractivity contribution in [2.45, 2.75) is 65.8 Å². The Bertz CT molecular complexity index is 905. The molecule has 0 radical (unpaired) electrons. The maximum absolute atomic E-state index is 12.0. The highest BCUT2D eigenvalue weighted by atomic mass is 79.9. The number of rotatable bonds is 17. The highest BCUT2D eigenvalue weighted by Gasteiger charge is 2.47. The van der Waals surface area contributed by atoms with Crippen molar-refractivity contribution >= 4 is 48.8 Å². The van der Waals surface area contributed by atoms with Crippen LogP contribution in [0.2, 0.25) is 5.54 Å². The molecule has 1 amide bonds. The van der Waals surface area contributed by atoms with E-state index in [1.54, 1.807) is 6.92 Å². The Balaban J connectivity index is 0.00000684. The van der Waals surface area contributed by atoms with Gasteiger partial charge in [-0.3, -0.25) is 4.79 Å². The number of anilines is 3. The first-order chi connectivity index (χ1) is 17.4. The molecule has 0 aliphatic carbocycles. The predicted molar refractivity (Wildman–Crippen MR) is 162 cm³/mol. The topological polar surface area (TPSA) is 60.0 Å². The molecule has 2 aromatic carbocycles. The standard InChI is InChI=1S/C29H44N2O4Si.BrH/c1-7-21-33-36(34-22-8-2,35-23-9-3)25(6)19-20-31(27-13-11-10-12-14-27)28-17-15-26(16-18-28)30-29(32)24(4)5;/h10-18,25H,4,7-9,19-23H2,1-3,5-6H3,(H,30,32);1H. The molecule has 8 heteroatoms. The van der Waals surface area contributed by atoms with Gasteiger partial charge >= 0.3 is 8.80 Å². The Hall–Kier alpha value is -1.97. The Morgan fingerprint density at radius 2 is 1.38 bits per heavy atom. The molecule has 1 atom stereocenters. The molecule has 2 aromatic rings. The van der Waals surface area contributed by atoms with E-state index in [4.69, 9.17) is 13.3 Å². The molecule has 0 aliphatic heterocycles. The van der Waals surface area contributed by atoms with Crippen molar-refractivity contribution in [3.05, 3.63) is 66.7 Å². The fourth-order valence-corrected chi connectivity index (χ4v) is 6.81. The van der Waals surface area contributed by atoms with E-state index < -0.39 is 8.80 Å². The Morgan fingerprint density at radius 3 is 1.84 bits per heavy atom. The van der Waals surface area contributed by atoms with Crippen molar-refractivity contribution in [3.63, 3.8) is 0 Å². The zero-order chi connectivity index (χ0) is 26.4. The smallest absolute Gasteiger partial charge is 0.373 e. The van der Waals surface area contributed by atoms with E-state index in [0.29, 0.717) is 25.4 Å². The first-order valence-corrected chi connectivity index (χ1v) is 15.0. The van der Waals surface area contributed by atoms with Gasteiger partial charge in [0.25, 0.3) is 5.91 Å². The minimum absolute atomic E-state index is 0. The van der Waals surface area contributed by atoms with Crippen LogP contribution in [0.4, 0.5) is 17.1 Å². The second-order valence-electron chi connectivity index (χ2n) is 9.11. The van der Waals surface area contributed by atoms with E-state index in [1.807, 2.05) is 42.5 Å². The van der Waals surface area contributed by atoms with Gasteiger partial charge in [-0.25, -0.2) is 0 Å². The van der Waals surface area contributed by atoms with Crippen LogP contribution in [-0.4, -0.2) is 41.1 Å². The molecular formula is C29H45BrN2O4Si. The molecule has 0 bridgehead atoms. The summed E-state index contributed by atoms with van der Waals surface area (Å²) in [7, 11) is -2.85. The molecule has 6 nitrogen and oxygen atoms in total. The number of carbonyl (C=O) groups is 1. The summed E-state index contributed by atoms with van der Waals surface area (Å²) in [6.45, 7) is 16.7. The zero-order valence-electron chi connectivity index (χ0n) is 23.1. The van der Waals surface area contributed by atoms with Crippen molar-refractivity contribution in [2.75, 3.05) is 36.6 Å². The normalized spacial score (nSPS) is 11.9. The van der Waals surface area contributed by atoms with Crippen LogP contribution in [0.3, 0.4) is 0 Å². The fraction of sp³-hybridized carbons (Fsp3) is 0.483. The zero-order valence-corrected chi connectivity index (χ0v) is 25.8. The molecule has 2 rings (SSSR count). The Morgan fingerprint density at radius 1 is 0.892 bits per heavy atom. The molecule has 0 spiro atoms. The van der Waals surface area contributed by atoms with Gasteiger partial charge in [0.2, 0.25) is 0 Å². The number of halogens is 1. The third-order valence-corrected chi connectivity index (χ3v) is 9.12. The average Bonchev–Trinajstić information content (AvgIpc) is 2.90. The van der Waals surface area contributed by atoms with Gasteiger partial charge in [0.1, 0.15) is 0 Å². The summed E-state index contributed by atoms with van der Waals surface area (Å²) in [5.41, 5.74) is 3.52. The van der Waals surface area contributed by atoms with Gasteiger partial charge in [-0.15, -0.1) is 17.0 Å². The van der Waals surface area contributed by atoms with E-state index in [-0.39, 0.29) is 28.4 Å². The lowest BCUT2D eigenvalue weighted by Gasteiger charge is -2.35. The number of amides is 1. The van der Waals surface area contributed by atoms with Gasteiger partial charge in [-0.2, -0.15) is 0 Å². The van der Waals surface area contributed by atoms with Gasteiger partial charge in [-0.05, 0) is 69.0 Å². The predicted octanol–water partition coefficient (Wildman–Crippen LogP) is 7.92. The monoisotopic (exact) mass is 592 g/mol. The summed E-state index contributed by atoms with van der Waals surface area (Å²) in [5, 5.41) is 2.88. The van der Waals surface area contributed by atoms with Crippen LogP contribution in [0.15, 0.2) is 66.7 Å². The van der Waals surface area contributed by atoms with E-state index in [0.717, 1.165) is 49.3 Å². The van der Waals surface area contributed by atoms with Crippen LogP contribution in [-0.2, 0) is 18.1 Å². The maximum atomic E-state index is 12.0. The van der Waals surface area contributed by atoms with Gasteiger partial charge in [0.05, 0.1) is 0 Å².